The topological polar surface area (TPSA) is 271 Å². The zero-order chi connectivity index (χ0) is 46.4. The van der Waals surface area contributed by atoms with Gasteiger partial charge in [0.25, 0.3) is 17.7 Å². The molecule has 0 fully saturated rings. The van der Waals surface area contributed by atoms with E-state index in [1.165, 1.54) is 60.8 Å². The fourth-order valence-electron chi connectivity index (χ4n) is 5.48. The van der Waals surface area contributed by atoms with Crippen molar-refractivity contribution in [2.45, 2.75) is 45.6 Å². The average molecular weight is 942 g/mol. The van der Waals surface area contributed by atoms with Crippen LogP contribution >= 0.6 is 45.9 Å². The number of carboxylic acids is 1. The number of hydrogen-bond acceptors (Lipinski definition) is 13. The summed E-state index contributed by atoms with van der Waals surface area (Å²) in [6, 6.07) is 20.2. The van der Waals surface area contributed by atoms with Crippen LogP contribution in [-0.2, 0) is 9.59 Å². The number of carboxylic acid groups (broad SMARTS) is 1. The third kappa shape index (κ3) is 12.6. The van der Waals surface area contributed by atoms with Gasteiger partial charge < -0.3 is 26.0 Å². The molecule has 0 radical (unpaired) electrons. The van der Waals surface area contributed by atoms with E-state index in [9.17, 15) is 29.4 Å². The molecular weight excluding hydrogens is 904 g/mol. The third-order valence-corrected chi connectivity index (χ3v) is 11.5. The number of nitrogens with one attached hydrogen (secondary N) is 5. The standard InChI is InChI=1S/C21H16ClN5O3S.C13H11ClN2O3S.C8H7N3O.CH4/c1-11(28)18(21(30)27-26-20(29)13-5-3-12(9-23)4-6-13)25-15-7-8-16(24-2)19-17(15)14(22)10-31-19;1-6(17)11(13(18)19)16-8-3-4-9(15-2)12-10(8)7(14)5-20-12;9-5-6-1-3-7(4-2-6)8(12)11-10;/h3-8,10-11,18,25,28H,1H3,(H,26,29)(H,27,30);3-6,11,16-17H,1H3,(H,18,19);1-4H,10H2,(H,11,12);1H4/t11-,18+;6-,11+;;/m00../s1. The van der Waals surface area contributed by atoms with Gasteiger partial charge in [-0.05, 0) is 74.5 Å². The van der Waals surface area contributed by atoms with Crippen molar-refractivity contribution >= 4 is 112 Å². The number of nitriles is 2. The molecule has 21 heteroatoms. The van der Waals surface area contributed by atoms with E-state index in [0.29, 0.717) is 69.7 Å². The Labute approximate surface area is 384 Å². The van der Waals surface area contributed by atoms with Crippen molar-refractivity contribution in [2.75, 3.05) is 10.6 Å². The largest absolute Gasteiger partial charge is 0.480 e. The number of benzene rings is 4. The highest BCUT2D eigenvalue weighted by Crippen LogP contribution is 2.42. The Balaban J connectivity index is 0.000000282. The van der Waals surface area contributed by atoms with Gasteiger partial charge in [0.05, 0.1) is 58.7 Å². The second-order valence-corrected chi connectivity index (χ2v) is 15.5. The number of nitrogen functional groups attached to an aromatic ring is 1. The number of anilines is 2. The minimum absolute atomic E-state index is 0. The minimum Gasteiger partial charge on any atom is -0.480 e. The van der Waals surface area contributed by atoms with Crippen LogP contribution in [0.1, 0.15) is 53.1 Å². The lowest BCUT2D eigenvalue weighted by Crippen LogP contribution is -2.52. The van der Waals surface area contributed by atoms with Gasteiger partial charge in [-0.15, -0.1) is 0 Å². The lowest BCUT2D eigenvalue weighted by atomic mass is 10.1. The Hall–Kier alpha value is -7.30. The van der Waals surface area contributed by atoms with Crippen molar-refractivity contribution in [3.05, 3.63) is 139 Å². The fourth-order valence-corrected chi connectivity index (χ4v) is 8.08. The Morgan fingerprint density at radius 1 is 0.688 bits per heavy atom. The number of amides is 3. The summed E-state index contributed by atoms with van der Waals surface area (Å²) in [5.41, 5.74) is 10.1. The number of carbonyl (C=O) groups is 4. The van der Waals surface area contributed by atoms with Gasteiger partial charge in [-0.3, -0.25) is 30.7 Å². The first-order chi connectivity index (χ1) is 30.1. The Morgan fingerprint density at radius 3 is 1.45 bits per heavy atom. The van der Waals surface area contributed by atoms with Crippen molar-refractivity contribution in [3.63, 3.8) is 0 Å². The second-order valence-electron chi connectivity index (χ2n) is 12.9. The number of rotatable bonds is 10. The lowest BCUT2D eigenvalue weighted by molar-refractivity contribution is -0.140. The zero-order valence-corrected chi connectivity index (χ0v) is 36.0. The number of hydrogen-bond donors (Lipinski definition) is 9. The zero-order valence-electron chi connectivity index (χ0n) is 32.8. The molecule has 64 heavy (non-hydrogen) atoms. The summed E-state index contributed by atoms with van der Waals surface area (Å²) in [4.78, 5) is 53.8. The summed E-state index contributed by atoms with van der Waals surface area (Å²) >= 11 is 15.0. The van der Waals surface area contributed by atoms with Gasteiger partial charge in [0.15, 0.2) is 6.04 Å². The third-order valence-electron chi connectivity index (χ3n) is 8.67. The molecule has 0 spiro atoms. The molecule has 0 unspecified atom stereocenters. The SMILES string of the molecule is C.N#Cc1ccc(C(=O)NN)cc1.[C-]#[N+]c1ccc(N[C@@H](C(=O)NNC(=O)c2ccc(C#N)cc2)[C@H](C)O)c2c(Cl)csc12.[C-]#[N+]c1ccc(N[C@@H](C(=O)O)[C@H](C)O)c2c(Cl)csc12. The van der Waals surface area contributed by atoms with Gasteiger partial charge in [-0.2, -0.15) is 33.2 Å². The number of halogens is 2. The second kappa shape index (κ2) is 23.8. The summed E-state index contributed by atoms with van der Waals surface area (Å²) in [6.45, 7) is 17.2. The lowest BCUT2D eigenvalue weighted by Gasteiger charge is -2.23. The van der Waals surface area contributed by atoms with Crippen molar-refractivity contribution in [2.24, 2.45) is 5.84 Å². The molecule has 4 aromatic carbocycles. The van der Waals surface area contributed by atoms with E-state index in [4.69, 9.17) is 57.8 Å². The maximum absolute atomic E-state index is 12.6. The maximum atomic E-state index is 12.6. The summed E-state index contributed by atoms with van der Waals surface area (Å²) < 4.78 is 1.37. The summed E-state index contributed by atoms with van der Waals surface area (Å²) in [5, 5.41) is 57.2. The molecule has 4 atom stereocenters. The Bertz CT molecular complexity index is 2820. The van der Waals surface area contributed by atoms with Crippen LogP contribution in [0, 0.1) is 35.8 Å². The van der Waals surface area contributed by atoms with Gasteiger partial charge in [-0.25, -0.2) is 20.3 Å². The maximum Gasteiger partial charge on any atom is 0.328 e. The number of hydrazine groups is 2. The summed E-state index contributed by atoms with van der Waals surface area (Å²) in [7, 11) is 0. The molecule has 10 N–H and O–H groups in total. The monoisotopic (exact) mass is 940 g/mol. The molecule has 6 rings (SSSR count). The molecule has 3 amide bonds. The normalized spacial score (nSPS) is 11.9. The predicted molar refractivity (Wildman–Crippen MR) is 248 cm³/mol. The molecule has 0 saturated carbocycles. The number of aliphatic carboxylic acids is 1. The van der Waals surface area contributed by atoms with Crippen LogP contribution in [0.15, 0.2) is 83.6 Å². The van der Waals surface area contributed by atoms with Crippen molar-refractivity contribution in [3.8, 4) is 12.1 Å². The first kappa shape index (κ1) is 51.1. The number of thiophene rings is 2. The molecule has 0 aliphatic heterocycles. The first-order valence-corrected chi connectivity index (χ1v) is 20.5. The van der Waals surface area contributed by atoms with E-state index in [2.05, 4.69) is 31.2 Å². The molecule has 0 bridgehead atoms. The quantitative estimate of drug-likeness (QED) is 0.0276. The van der Waals surface area contributed by atoms with E-state index in [-0.39, 0.29) is 18.9 Å². The van der Waals surface area contributed by atoms with E-state index in [1.54, 1.807) is 59.3 Å². The molecule has 17 nitrogen and oxygen atoms in total. The van der Waals surface area contributed by atoms with Gasteiger partial charge in [0.2, 0.25) is 11.4 Å². The van der Waals surface area contributed by atoms with Crippen LogP contribution in [0.4, 0.5) is 22.7 Å². The van der Waals surface area contributed by atoms with E-state index in [1.807, 2.05) is 17.6 Å². The molecular formula is C43H38Cl2N10O7S2. The number of nitrogens with two attached hydrogens (primary N) is 1. The molecule has 328 valence electrons. The van der Waals surface area contributed by atoms with E-state index in [0.717, 1.165) is 0 Å². The van der Waals surface area contributed by atoms with Gasteiger partial charge in [0.1, 0.15) is 6.04 Å². The van der Waals surface area contributed by atoms with Crippen LogP contribution in [-0.4, -0.2) is 63.3 Å². The Kier molecular flexibility index (Phi) is 19.0. The first-order valence-electron chi connectivity index (χ1n) is 18.0. The van der Waals surface area contributed by atoms with E-state index < -0.39 is 42.1 Å². The number of fused-ring (bicyclic) bond motifs is 2. The van der Waals surface area contributed by atoms with Gasteiger partial charge in [-0.1, -0.05) is 42.8 Å². The molecule has 6 aromatic rings. The van der Waals surface area contributed by atoms with Crippen LogP contribution in [0.25, 0.3) is 29.9 Å². The van der Waals surface area contributed by atoms with Crippen LogP contribution in [0.3, 0.4) is 0 Å². The Morgan fingerprint density at radius 2 is 1.09 bits per heavy atom. The summed E-state index contributed by atoms with van der Waals surface area (Å²) in [5.74, 6) is 2.14. The molecule has 0 aliphatic carbocycles. The molecule has 2 aromatic heterocycles. The minimum atomic E-state index is -1.16. The number of carbonyl (C=O) groups excluding carboxylic acids is 3. The van der Waals surface area contributed by atoms with Gasteiger partial charge >= 0.3 is 5.97 Å². The number of aliphatic hydroxyl groups excluding tert-OH is 2. The highest BCUT2D eigenvalue weighted by molar-refractivity contribution is 7.19. The molecule has 0 aliphatic rings. The fraction of sp³-hybridized carbons (Fsp3) is 0.163. The van der Waals surface area contributed by atoms with E-state index >= 15 is 0 Å². The van der Waals surface area contributed by atoms with Gasteiger partial charge in [0, 0.05) is 53.4 Å². The highest BCUT2D eigenvalue weighted by Gasteiger charge is 2.27. The van der Waals surface area contributed by atoms with Crippen LogP contribution in [0.5, 0.6) is 0 Å². The molecule has 2 heterocycles. The van der Waals surface area contributed by atoms with Crippen LogP contribution < -0.4 is 32.8 Å². The summed E-state index contributed by atoms with van der Waals surface area (Å²) in [6.07, 6.45) is -2.18. The van der Waals surface area contributed by atoms with Crippen molar-refractivity contribution in [1.82, 2.24) is 16.3 Å². The number of aliphatic hydroxyl groups is 2. The smallest absolute Gasteiger partial charge is 0.328 e. The van der Waals surface area contributed by atoms with Crippen molar-refractivity contribution in [1.29, 1.82) is 10.5 Å². The predicted octanol–water partition coefficient (Wildman–Crippen LogP) is 7.75. The highest BCUT2D eigenvalue weighted by atomic mass is 35.5. The van der Waals surface area contributed by atoms with Crippen LogP contribution in [0.2, 0.25) is 10.0 Å². The number of nitrogens with zero attached hydrogens (tertiary/aromatic N) is 4. The molecule has 0 saturated heterocycles. The van der Waals surface area contributed by atoms with Crippen molar-refractivity contribution < 1.29 is 34.5 Å². The average Bonchev–Trinajstić information content (AvgIpc) is 3.88.